The van der Waals surface area contributed by atoms with E-state index in [4.69, 9.17) is 10.5 Å². The van der Waals surface area contributed by atoms with Crippen molar-refractivity contribution in [2.24, 2.45) is 5.73 Å². The van der Waals surface area contributed by atoms with Gasteiger partial charge in [-0.1, -0.05) is 45.0 Å². The first-order valence-electron chi connectivity index (χ1n) is 7.44. The van der Waals surface area contributed by atoms with E-state index in [-0.39, 0.29) is 17.8 Å². The summed E-state index contributed by atoms with van der Waals surface area (Å²) < 4.78 is 5.45. The maximum atomic E-state index is 12.2. The number of nitrogens with two attached hydrogens (primary N) is 1. The Kier molecular flexibility index (Phi) is 4.84. The Labute approximate surface area is 136 Å². The van der Waals surface area contributed by atoms with Crippen molar-refractivity contribution >= 4 is 11.7 Å². The molecule has 0 heterocycles. The monoisotopic (exact) mass is 311 g/mol. The molecule has 4 heteroatoms. The lowest BCUT2D eigenvalue weighted by atomic mass is 9.86. The van der Waals surface area contributed by atoms with Crippen LogP contribution in [0, 0.1) is 0 Å². The highest BCUT2D eigenvalue weighted by Gasteiger charge is 2.14. The summed E-state index contributed by atoms with van der Waals surface area (Å²) in [6.45, 7) is 6.33. The molecule has 2 N–H and O–H groups in total. The van der Waals surface area contributed by atoms with E-state index in [9.17, 15) is 9.59 Å². The number of rotatable bonds is 5. The molecule has 0 fully saturated rings. The number of hydrogen-bond donors (Lipinski definition) is 1. The van der Waals surface area contributed by atoms with Gasteiger partial charge in [-0.2, -0.15) is 0 Å². The summed E-state index contributed by atoms with van der Waals surface area (Å²) in [5.41, 5.74) is 7.43. The molecule has 0 aliphatic heterocycles. The molecular weight excluding hydrogens is 290 g/mol. The number of carbonyl (C=O) groups is 2. The van der Waals surface area contributed by atoms with Gasteiger partial charge in [-0.05, 0) is 35.2 Å². The molecule has 0 unspecified atom stereocenters. The first-order valence-corrected chi connectivity index (χ1v) is 7.44. The summed E-state index contributed by atoms with van der Waals surface area (Å²) in [4.78, 5) is 23.1. The van der Waals surface area contributed by atoms with Gasteiger partial charge in [0.1, 0.15) is 5.75 Å². The number of amides is 1. The third kappa shape index (κ3) is 4.42. The highest BCUT2D eigenvalue weighted by atomic mass is 16.5. The maximum Gasteiger partial charge on any atom is 0.248 e. The van der Waals surface area contributed by atoms with E-state index in [0.29, 0.717) is 16.9 Å². The number of hydrogen-bond acceptors (Lipinski definition) is 3. The minimum Gasteiger partial charge on any atom is -0.485 e. The third-order valence-corrected chi connectivity index (χ3v) is 3.58. The van der Waals surface area contributed by atoms with Crippen molar-refractivity contribution in [1.29, 1.82) is 0 Å². The van der Waals surface area contributed by atoms with Crippen LogP contribution in [0.3, 0.4) is 0 Å². The Morgan fingerprint density at radius 2 is 1.43 bits per heavy atom. The zero-order valence-electron chi connectivity index (χ0n) is 13.6. The van der Waals surface area contributed by atoms with Crippen LogP contribution in [0.4, 0.5) is 0 Å². The smallest absolute Gasteiger partial charge is 0.248 e. The predicted octanol–water partition coefficient (Wildman–Crippen LogP) is 3.34. The second-order valence-corrected chi connectivity index (χ2v) is 6.43. The van der Waals surface area contributed by atoms with Crippen LogP contribution < -0.4 is 10.5 Å². The van der Waals surface area contributed by atoms with E-state index in [1.807, 2.05) is 24.3 Å². The van der Waals surface area contributed by atoms with E-state index in [1.54, 1.807) is 24.3 Å². The fraction of sp³-hybridized carbons (Fsp3) is 0.263. The summed E-state index contributed by atoms with van der Waals surface area (Å²) in [5.74, 6) is -0.0642. The van der Waals surface area contributed by atoms with E-state index in [2.05, 4.69) is 20.8 Å². The summed E-state index contributed by atoms with van der Waals surface area (Å²) >= 11 is 0. The van der Waals surface area contributed by atoms with Gasteiger partial charge in [0.15, 0.2) is 12.4 Å². The lowest BCUT2D eigenvalue weighted by molar-refractivity contribution is 0.0920. The molecule has 0 aliphatic carbocycles. The van der Waals surface area contributed by atoms with Crippen molar-refractivity contribution < 1.29 is 14.3 Å². The van der Waals surface area contributed by atoms with Gasteiger partial charge in [0, 0.05) is 11.1 Å². The highest BCUT2D eigenvalue weighted by Crippen LogP contribution is 2.22. The van der Waals surface area contributed by atoms with Gasteiger partial charge in [0.05, 0.1) is 0 Å². The Morgan fingerprint density at radius 1 is 0.913 bits per heavy atom. The van der Waals surface area contributed by atoms with Crippen LogP contribution in [0.1, 0.15) is 47.1 Å². The molecule has 2 aromatic rings. The molecule has 0 saturated heterocycles. The van der Waals surface area contributed by atoms with Crippen LogP contribution in [-0.4, -0.2) is 18.3 Å². The van der Waals surface area contributed by atoms with Gasteiger partial charge in [-0.3, -0.25) is 9.59 Å². The van der Waals surface area contributed by atoms with Crippen LogP contribution in [0.5, 0.6) is 5.75 Å². The number of benzene rings is 2. The fourth-order valence-corrected chi connectivity index (χ4v) is 2.10. The summed E-state index contributed by atoms with van der Waals surface area (Å²) in [5, 5.41) is 0. The predicted molar refractivity (Wildman–Crippen MR) is 89.9 cm³/mol. The molecule has 0 atom stereocenters. The zero-order chi connectivity index (χ0) is 17.0. The lowest BCUT2D eigenvalue weighted by Gasteiger charge is -2.19. The SMILES string of the molecule is CC(C)(C)c1ccc(C(=O)COc2ccc(C(N)=O)cc2)cc1. The van der Waals surface area contributed by atoms with Gasteiger partial charge < -0.3 is 10.5 Å². The molecule has 0 aromatic heterocycles. The Balaban J connectivity index is 1.98. The van der Waals surface area contributed by atoms with E-state index in [0.717, 1.165) is 0 Å². The van der Waals surface area contributed by atoms with Crippen molar-refractivity contribution in [1.82, 2.24) is 0 Å². The van der Waals surface area contributed by atoms with Crippen LogP contribution in [-0.2, 0) is 5.41 Å². The Morgan fingerprint density at radius 3 is 1.91 bits per heavy atom. The standard InChI is InChI=1S/C19H21NO3/c1-19(2,3)15-8-4-13(5-9-15)17(21)12-23-16-10-6-14(7-11-16)18(20)22/h4-11H,12H2,1-3H3,(H2,20,22). The number of ketones is 1. The maximum absolute atomic E-state index is 12.2. The number of Topliss-reactive ketones (excluding diaryl/α,β-unsaturated/α-hetero) is 1. The van der Waals surface area contributed by atoms with Crippen molar-refractivity contribution in [2.75, 3.05) is 6.61 Å². The van der Waals surface area contributed by atoms with Gasteiger partial charge in [-0.25, -0.2) is 0 Å². The van der Waals surface area contributed by atoms with Crippen molar-refractivity contribution in [2.45, 2.75) is 26.2 Å². The molecule has 2 aromatic carbocycles. The van der Waals surface area contributed by atoms with E-state index >= 15 is 0 Å². The van der Waals surface area contributed by atoms with Gasteiger partial charge >= 0.3 is 0 Å². The molecule has 120 valence electrons. The first kappa shape index (κ1) is 16.7. The molecule has 4 nitrogen and oxygen atoms in total. The summed E-state index contributed by atoms with van der Waals surface area (Å²) in [6, 6.07) is 14.0. The van der Waals surface area contributed by atoms with E-state index in [1.165, 1.54) is 5.56 Å². The minimum atomic E-state index is -0.494. The molecule has 23 heavy (non-hydrogen) atoms. The van der Waals surface area contributed by atoms with Crippen molar-refractivity contribution in [3.05, 3.63) is 65.2 Å². The quantitative estimate of drug-likeness (QED) is 0.861. The van der Waals surface area contributed by atoms with Gasteiger partial charge in [-0.15, -0.1) is 0 Å². The molecule has 2 rings (SSSR count). The number of ether oxygens (including phenoxy) is 1. The van der Waals surface area contributed by atoms with Crippen LogP contribution >= 0.6 is 0 Å². The summed E-state index contributed by atoms with van der Waals surface area (Å²) in [6.07, 6.45) is 0. The Hall–Kier alpha value is -2.62. The highest BCUT2D eigenvalue weighted by molar-refractivity contribution is 5.97. The second kappa shape index (κ2) is 6.65. The normalized spacial score (nSPS) is 11.1. The van der Waals surface area contributed by atoms with Crippen molar-refractivity contribution in [3.63, 3.8) is 0 Å². The molecule has 1 amide bonds. The average molecular weight is 311 g/mol. The van der Waals surface area contributed by atoms with Crippen molar-refractivity contribution in [3.8, 4) is 5.75 Å². The molecule has 0 aliphatic rings. The van der Waals surface area contributed by atoms with Crippen LogP contribution in [0.2, 0.25) is 0 Å². The molecule has 0 bridgehead atoms. The van der Waals surface area contributed by atoms with Crippen LogP contribution in [0.15, 0.2) is 48.5 Å². The molecule has 0 spiro atoms. The molecular formula is C19H21NO3. The number of carbonyl (C=O) groups excluding carboxylic acids is 2. The first-order chi connectivity index (χ1) is 10.8. The zero-order valence-corrected chi connectivity index (χ0v) is 13.6. The lowest BCUT2D eigenvalue weighted by Crippen LogP contribution is -2.14. The second-order valence-electron chi connectivity index (χ2n) is 6.43. The van der Waals surface area contributed by atoms with Crippen LogP contribution in [0.25, 0.3) is 0 Å². The van der Waals surface area contributed by atoms with E-state index < -0.39 is 5.91 Å². The molecule has 0 radical (unpaired) electrons. The van der Waals surface area contributed by atoms with Gasteiger partial charge in [0.2, 0.25) is 5.91 Å². The largest absolute Gasteiger partial charge is 0.485 e. The summed E-state index contributed by atoms with van der Waals surface area (Å²) in [7, 11) is 0. The minimum absolute atomic E-state index is 0.0508. The third-order valence-electron chi connectivity index (χ3n) is 3.58. The number of primary amides is 1. The topological polar surface area (TPSA) is 69.4 Å². The fourth-order valence-electron chi connectivity index (χ4n) is 2.10. The Bertz CT molecular complexity index is 695. The van der Waals surface area contributed by atoms with Gasteiger partial charge in [0.25, 0.3) is 0 Å². The molecule has 0 saturated carbocycles. The average Bonchev–Trinajstić information content (AvgIpc) is 2.52.